The van der Waals surface area contributed by atoms with Crippen LogP contribution in [0.15, 0.2) is 41.1 Å². The first kappa shape index (κ1) is 13.9. The number of hydrogen-bond acceptors (Lipinski definition) is 3. The summed E-state index contributed by atoms with van der Waals surface area (Å²) in [5, 5.41) is 0. The standard InChI is InChI=1S/C16H13BrN2O2/c1-2-10-3-4-14-13(6-10)15(20)16(21)19(14)9-11-5-12(17)8-18-7-11/h3-8H,2,9H2,1H3. The predicted octanol–water partition coefficient (Wildman–Crippen LogP) is 3.14. The maximum absolute atomic E-state index is 12.2. The zero-order valence-corrected chi connectivity index (χ0v) is 13.1. The van der Waals surface area contributed by atoms with Crippen LogP contribution in [-0.2, 0) is 17.8 Å². The minimum Gasteiger partial charge on any atom is -0.300 e. The summed E-state index contributed by atoms with van der Waals surface area (Å²) in [7, 11) is 0. The van der Waals surface area contributed by atoms with Gasteiger partial charge in [-0.05, 0) is 51.7 Å². The average molecular weight is 345 g/mol. The van der Waals surface area contributed by atoms with Gasteiger partial charge in [-0.15, -0.1) is 0 Å². The molecule has 0 fully saturated rings. The lowest BCUT2D eigenvalue weighted by Crippen LogP contribution is -2.29. The number of rotatable bonds is 3. The lowest BCUT2D eigenvalue weighted by Gasteiger charge is -2.16. The molecule has 0 unspecified atom stereocenters. The van der Waals surface area contributed by atoms with Crippen molar-refractivity contribution in [1.82, 2.24) is 4.98 Å². The SMILES string of the molecule is CCc1ccc2c(c1)C(=O)C(=O)N2Cc1cncc(Br)c1. The lowest BCUT2D eigenvalue weighted by atomic mass is 10.1. The highest BCUT2D eigenvalue weighted by Gasteiger charge is 2.35. The third-order valence-corrected chi connectivity index (χ3v) is 3.98. The minimum absolute atomic E-state index is 0.343. The average Bonchev–Trinajstić information content (AvgIpc) is 2.72. The van der Waals surface area contributed by atoms with Crippen molar-refractivity contribution in [1.29, 1.82) is 0 Å². The monoisotopic (exact) mass is 344 g/mol. The molecule has 0 atom stereocenters. The summed E-state index contributed by atoms with van der Waals surface area (Å²) in [5.41, 5.74) is 3.11. The predicted molar refractivity (Wildman–Crippen MR) is 83.3 cm³/mol. The van der Waals surface area contributed by atoms with Crippen LogP contribution in [0.5, 0.6) is 0 Å². The van der Waals surface area contributed by atoms with Crippen molar-refractivity contribution in [2.45, 2.75) is 19.9 Å². The number of pyridine rings is 1. The molecule has 0 spiro atoms. The maximum Gasteiger partial charge on any atom is 0.299 e. The molecule has 1 aromatic heterocycles. The molecular formula is C16H13BrN2O2. The fraction of sp³-hybridized carbons (Fsp3) is 0.188. The highest BCUT2D eigenvalue weighted by molar-refractivity contribution is 9.10. The summed E-state index contributed by atoms with van der Waals surface area (Å²) in [4.78, 5) is 29.9. The second-order valence-electron chi connectivity index (χ2n) is 4.94. The zero-order valence-electron chi connectivity index (χ0n) is 11.5. The number of amides is 1. The Balaban J connectivity index is 1.98. The van der Waals surface area contributed by atoms with E-state index in [1.807, 2.05) is 31.2 Å². The summed E-state index contributed by atoms with van der Waals surface area (Å²) in [6.07, 6.45) is 4.22. The van der Waals surface area contributed by atoms with Crippen LogP contribution in [-0.4, -0.2) is 16.7 Å². The molecular weight excluding hydrogens is 332 g/mol. The lowest BCUT2D eigenvalue weighted by molar-refractivity contribution is -0.114. The second kappa shape index (κ2) is 5.41. The van der Waals surface area contributed by atoms with E-state index in [-0.39, 0.29) is 0 Å². The molecule has 106 valence electrons. The highest BCUT2D eigenvalue weighted by atomic mass is 79.9. The van der Waals surface area contributed by atoms with E-state index in [0.717, 1.165) is 22.0 Å². The molecule has 2 heterocycles. The molecule has 1 aromatic carbocycles. The van der Waals surface area contributed by atoms with E-state index >= 15 is 0 Å². The Labute approximate surface area is 130 Å². The van der Waals surface area contributed by atoms with Crippen molar-refractivity contribution in [3.63, 3.8) is 0 Å². The first-order chi connectivity index (χ1) is 10.1. The van der Waals surface area contributed by atoms with E-state index < -0.39 is 11.7 Å². The number of aryl methyl sites for hydroxylation is 1. The Morgan fingerprint density at radius 1 is 1.14 bits per heavy atom. The van der Waals surface area contributed by atoms with Crippen LogP contribution in [0.4, 0.5) is 5.69 Å². The van der Waals surface area contributed by atoms with Gasteiger partial charge in [0.05, 0.1) is 17.8 Å². The van der Waals surface area contributed by atoms with Crippen molar-refractivity contribution in [2.24, 2.45) is 0 Å². The normalized spacial score (nSPS) is 13.7. The van der Waals surface area contributed by atoms with Crippen molar-refractivity contribution >= 4 is 33.3 Å². The number of ketones is 1. The van der Waals surface area contributed by atoms with Gasteiger partial charge in [0.2, 0.25) is 0 Å². The van der Waals surface area contributed by atoms with Crippen LogP contribution in [0.2, 0.25) is 0 Å². The summed E-state index contributed by atoms with van der Waals surface area (Å²) >= 11 is 3.36. The van der Waals surface area contributed by atoms with Crippen LogP contribution < -0.4 is 4.90 Å². The van der Waals surface area contributed by atoms with Gasteiger partial charge >= 0.3 is 0 Å². The Morgan fingerprint density at radius 2 is 1.95 bits per heavy atom. The van der Waals surface area contributed by atoms with E-state index in [9.17, 15) is 9.59 Å². The number of carbonyl (C=O) groups excluding carboxylic acids is 2. The Bertz CT molecular complexity index is 743. The van der Waals surface area contributed by atoms with Crippen molar-refractivity contribution < 1.29 is 9.59 Å². The quantitative estimate of drug-likeness (QED) is 0.803. The molecule has 5 heteroatoms. The fourth-order valence-electron chi connectivity index (χ4n) is 2.45. The van der Waals surface area contributed by atoms with E-state index in [2.05, 4.69) is 20.9 Å². The molecule has 1 aliphatic rings. The van der Waals surface area contributed by atoms with Crippen LogP contribution in [0.1, 0.15) is 28.4 Å². The van der Waals surface area contributed by atoms with Crippen molar-refractivity contribution in [2.75, 3.05) is 4.90 Å². The van der Waals surface area contributed by atoms with Gasteiger partial charge in [0.25, 0.3) is 11.7 Å². The van der Waals surface area contributed by atoms with Gasteiger partial charge in [-0.3, -0.25) is 14.6 Å². The second-order valence-corrected chi connectivity index (χ2v) is 5.85. The highest BCUT2D eigenvalue weighted by Crippen LogP contribution is 2.31. The molecule has 4 nitrogen and oxygen atoms in total. The number of anilines is 1. The molecule has 0 N–H and O–H groups in total. The van der Waals surface area contributed by atoms with E-state index in [1.54, 1.807) is 12.4 Å². The summed E-state index contributed by atoms with van der Waals surface area (Å²) < 4.78 is 0.847. The first-order valence-electron chi connectivity index (χ1n) is 6.68. The zero-order chi connectivity index (χ0) is 15.0. The van der Waals surface area contributed by atoms with Crippen molar-refractivity contribution in [3.05, 3.63) is 57.8 Å². The summed E-state index contributed by atoms with van der Waals surface area (Å²) in [5.74, 6) is -0.901. The van der Waals surface area contributed by atoms with Crippen LogP contribution in [0.25, 0.3) is 0 Å². The van der Waals surface area contributed by atoms with Gasteiger partial charge in [0, 0.05) is 16.9 Å². The smallest absolute Gasteiger partial charge is 0.299 e. The number of nitrogens with zero attached hydrogens (tertiary/aromatic N) is 2. The van der Waals surface area contributed by atoms with Crippen LogP contribution >= 0.6 is 15.9 Å². The molecule has 0 saturated heterocycles. The Kier molecular flexibility index (Phi) is 3.59. The van der Waals surface area contributed by atoms with Crippen LogP contribution in [0, 0.1) is 0 Å². The first-order valence-corrected chi connectivity index (χ1v) is 7.48. The van der Waals surface area contributed by atoms with Gasteiger partial charge in [-0.2, -0.15) is 0 Å². The number of Topliss-reactive ketones (excluding diaryl/α,β-unsaturated/α-hetero) is 1. The summed E-state index contributed by atoms with van der Waals surface area (Å²) in [6.45, 7) is 2.36. The molecule has 0 radical (unpaired) electrons. The van der Waals surface area contributed by atoms with E-state index in [4.69, 9.17) is 0 Å². The molecule has 1 amide bonds. The third kappa shape index (κ3) is 2.49. The Morgan fingerprint density at radius 3 is 2.67 bits per heavy atom. The molecule has 2 aromatic rings. The number of fused-ring (bicyclic) bond motifs is 1. The number of hydrogen-bond donors (Lipinski definition) is 0. The molecule has 0 aliphatic carbocycles. The van der Waals surface area contributed by atoms with Gasteiger partial charge in [-0.1, -0.05) is 13.0 Å². The number of aromatic nitrogens is 1. The minimum atomic E-state index is -0.474. The van der Waals surface area contributed by atoms with E-state index in [1.165, 1.54) is 4.90 Å². The van der Waals surface area contributed by atoms with E-state index in [0.29, 0.717) is 17.8 Å². The van der Waals surface area contributed by atoms with Crippen LogP contribution in [0.3, 0.4) is 0 Å². The number of benzene rings is 1. The Hall–Kier alpha value is -2.01. The van der Waals surface area contributed by atoms with Crippen molar-refractivity contribution in [3.8, 4) is 0 Å². The topological polar surface area (TPSA) is 50.3 Å². The molecule has 21 heavy (non-hydrogen) atoms. The van der Waals surface area contributed by atoms with Gasteiger partial charge < -0.3 is 4.90 Å². The molecule has 0 saturated carbocycles. The largest absolute Gasteiger partial charge is 0.300 e. The van der Waals surface area contributed by atoms with Gasteiger partial charge in [0.1, 0.15) is 0 Å². The fourth-order valence-corrected chi connectivity index (χ4v) is 2.86. The summed E-state index contributed by atoms with van der Waals surface area (Å²) in [6, 6.07) is 7.51. The molecule has 3 rings (SSSR count). The van der Waals surface area contributed by atoms with Gasteiger partial charge in [0.15, 0.2) is 0 Å². The van der Waals surface area contributed by atoms with Gasteiger partial charge in [-0.25, -0.2) is 0 Å². The maximum atomic E-state index is 12.2. The number of carbonyl (C=O) groups is 2. The number of halogens is 1. The third-order valence-electron chi connectivity index (χ3n) is 3.55. The molecule has 0 bridgehead atoms. The molecule has 1 aliphatic heterocycles.